The van der Waals surface area contributed by atoms with Gasteiger partial charge in [0.2, 0.25) is 0 Å². The van der Waals surface area contributed by atoms with Gasteiger partial charge in [-0.1, -0.05) is 30.3 Å². The van der Waals surface area contributed by atoms with E-state index in [1.807, 2.05) is 12.1 Å². The van der Waals surface area contributed by atoms with Crippen molar-refractivity contribution in [3.05, 3.63) is 42.0 Å². The molecule has 0 aliphatic heterocycles. The molecule has 21 heavy (non-hydrogen) atoms. The van der Waals surface area contributed by atoms with Gasteiger partial charge in [0.15, 0.2) is 0 Å². The van der Waals surface area contributed by atoms with Gasteiger partial charge in [-0.3, -0.25) is 9.59 Å². The number of carboxylic acids is 1. The van der Waals surface area contributed by atoms with Crippen LogP contribution in [-0.4, -0.2) is 28.6 Å². The quantitative estimate of drug-likeness (QED) is 0.712. The third-order valence-corrected chi connectivity index (χ3v) is 3.25. The summed E-state index contributed by atoms with van der Waals surface area (Å²) in [6.45, 7) is 0.387. The van der Waals surface area contributed by atoms with Crippen LogP contribution in [0.1, 0.15) is 29.6 Å². The molecule has 3 N–H and O–H groups in total. The number of carboxylic acid groups (broad SMARTS) is 1. The van der Waals surface area contributed by atoms with Crippen molar-refractivity contribution < 1.29 is 19.8 Å². The van der Waals surface area contributed by atoms with Crippen molar-refractivity contribution in [3.8, 4) is 5.75 Å². The standard InChI is InChI=1S/C16H17NO4/c18-14(19)7-3-4-10-17-16(21)13-9-8-11-5-1-2-6-12(11)15(13)20/h1-2,5-6,8-9,20H,3-4,7,10H2,(H,17,21)(H,18,19). The number of aliphatic carboxylic acids is 1. The Bertz CT molecular complexity index is 666. The molecular formula is C16H17NO4. The van der Waals surface area contributed by atoms with E-state index in [9.17, 15) is 14.7 Å². The van der Waals surface area contributed by atoms with Crippen molar-refractivity contribution in [1.29, 1.82) is 0 Å². The molecule has 0 unspecified atom stereocenters. The smallest absolute Gasteiger partial charge is 0.303 e. The highest BCUT2D eigenvalue weighted by molar-refractivity contribution is 6.03. The van der Waals surface area contributed by atoms with Crippen LogP contribution in [0.15, 0.2) is 36.4 Å². The van der Waals surface area contributed by atoms with Crippen LogP contribution in [0.2, 0.25) is 0 Å². The predicted molar refractivity (Wildman–Crippen MR) is 79.4 cm³/mol. The van der Waals surface area contributed by atoms with Crippen LogP contribution in [0.3, 0.4) is 0 Å². The lowest BCUT2D eigenvalue weighted by molar-refractivity contribution is -0.137. The summed E-state index contributed by atoms with van der Waals surface area (Å²) < 4.78 is 0. The number of fused-ring (bicyclic) bond motifs is 1. The zero-order chi connectivity index (χ0) is 15.2. The molecule has 0 saturated carbocycles. The van der Waals surface area contributed by atoms with Crippen LogP contribution < -0.4 is 5.32 Å². The minimum atomic E-state index is -0.839. The maximum absolute atomic E-state index is 12.0. The van der Waals surface area contributed by atoms with E-state index < -0.39 is 5.97 Å². The highest BCUT2D eigenvalue weighted by Gasteiger charge is 2.13. The van der Waals surface area contributed by atoms with Crippen molar-refractivity contribution in [1.82, 2.24) is 5.32 Å². The van der Waals surface area contributed by atoms with Gasteiger partial charge in [-0.05, 0) is 24.3 Å². The molecule has 0 saturated heterocycles. The third kappa shape index (κ3) is 3.72. The number of aromatic hydroxyl groups is 1. The summed E-state index contributed by atoms with van der Waals surface area (Å²) in [5.74, 6) is -1.22. The van der Waals surface area contributed by atoms with Gasteiger partial charge in [-0.15, -0.1) is 0 Å². The lowest BCUT2D eigenvalue weighted by atomic mass is 10.0. The molecule has 2 rings (SSSR count). The first-order chi connectivity index (χ1) is 10.1. The van der Waals surface area contributed by atoms with Crippen molar-refractivity contribution >= 4 is 22.6 Å². The maximum atomic E-state index is 12.0. The number of carbonyl (C=O) groups excluding carboxylic acids is 1. The minimum absolute atomic E-state index is 0.0314. The molecule has 1 amide bonds. The Hall–Kier alpha value is -2.56. The first-order valence-corrected chi connectivity index (χ1v) is 6.80. The molecule has 0 spiro atoms. The molecular weight excluding hydrogens is 270 g/mol. The maximum Gasteiger partial charge on any atom is 0.303 e. The Morgan fingerprint density at radius 1 is 1.05 bits per heavy atom. The van der Waals surface area contributed by atoms with Crippen LogP contribution in [0, 0.1) is 0 Å². The number of hydrogen-bond donors (Lipinski definition) is 3. The van der Waals surface area contributed by atoms with E-state index in [0.29, 0.717) is 24.8 Å². The second kappa shape index (κ2) is 6.74. The summed E-state index contributed by atoms with van der Waals surface area (Å²) >= 11 is 0. The van der Waals surface area contributed by atoms with Gasteiger partial charge in [0.05, 0.1) is 5.56 Å². The molecule has 2 aromatic carbocycles. The zero-order valence-electron chi connectivity index (χ0n) is 11.5. The Morgan fingerprint density at radius 2 is 1.81 bits per heavy atom. The molecule has 0 heterocycles. The molecule has 0 aromatic heterocycles. The fourth-order valence-electron chi connectivity index (χ4n) is 2.14. The molecule has 0 radical (unpaired) electrons. The molecule has 2 aromatic rings. The summed E-state index contributed by atoms with van der Waals surface area (Å²) in [5, 5.41) is 22.9. The van der Waals surface area contributed by atoms with Crippen molar-refractivity contribution in [2.75, 3.05) is 6.54 Å². The number of phenols is 1. The molecule has 110 valence electrons. The number of hydrogen-bond acceptors (Lipinski definition) is 3. The highest BCUT2D eigenvalue weighted by Crippen LogP contribution is 2.28. The summed E-state index contributed by atoms with van der Waals surface area (Å²) in [5.41, 5.74) is 0.229. The van der Waals surface area contributed by atoms with Gasteiger partial charge >= 0.3 is 5.97 Å². The number of unbranched alkanes of at least 4 members (excludes halogenated alkanes) is 1. The Kier molecular flexibility index (Phi) is 4.77. The number of nitrogens with one attached hydrogen (secondary N) is 1. The van der Waals surface area contributed by atoms with Gasteiger partial charge in [-0.25, -0.2) is 0 Å². The van der Waals surface area contributed by atoms with Crippen LogP contribution in [-0.2, 0) is 4.79 Å². The third-order valence-electron chi connectivity index (χ3n) is 3.25. The van der Waals surface area contributed by atoms with Gasteiger partial charge in [0.25, 0.3) is 5.91 Å². The summed E-state index contributed by atoms with van der Waals surface area (Å²) in [6.07, 6.45) is 1.20. The largest absolute Gasteiger partial charge is 0.506 e. The second-order valence-electron chi connectivity index (χ2n) is 4.79. The van der Waals surface area contributed by atoms with E-state index in [1.165, 1.54) is 0 Å². The Balaban J connectivity index is 1.99. The van der Waals surface area contributed by atoms with Crippen LogP contribution in [0.4, 0.5) is 0 Å². The van der Waals surface area contributed by atoms with Gasteiger partial charge in [0.1, 0.15) is 5.75 Å². The normalized spacial score (nSPS) is 10.5. The number of benzene rings is 2. The molecule has 0 fully saturated rings. The fraction of sp³-hybridized carbons (Fsp3) is 0.250. The number of rotatable bonds is 6. The summed E-state index contributed by atoms with van der Waals surface area (Å²) in [7, 11) is 0. The van der Waals surface area contributed by atoms with Crippen LogP contribution in [0.5, 0.6) is 5.75 Å². The average molecular weight is 287 g/mol. The first-order valence-electron chi connectivity index (χ1n) is 6.80. The van der Waals surface area contributed by atoms with E-state index in [1.54, 1.807) is 24.3 Å². The van der Waals surface area contributed by atoms with Gasteiger partial charge < -0.3 is 15.5 Å². The van der Waals surface area contributed by atoms with Gasteiger partial charge in [0, 0.05) is 18.4 Å². The molecule has 0 aliphatic carbocycles. The lowest BCUT2D eigenvalue weighted by Crippen LogP contribution is -2.24. The van der Waals surface area contributed by atoms with Gasteiger partial charge in [-0.2, -0.15) is 0 Å². The monoisotopic (exact) mass is 287 g/mol. The van der Waals surface area contributed by atoms with Crippen molar-refractivity contribution in [2.24, 2.45) is 0 Å². The second-order valence-corrected chi connectivity index (χ2v) is 4.79. The zero-order valence-corrected chi connectivity index (χ0v) is 11.5. The summed E-state index contributed by atoms with van der Waals surface area (Å²) in [4.78, 5) is 22.4. The van der Waals surface area contributed by atoms with E-state index in [-0.39, 0.29) is 23.6 Å². The highest BCUT2D eigenvalue weighted by atomic mass is 16.4. The molecule has 0 atom stereocenters. The minimum Gasteiger partial charge on any atom is -0.506 e. The lowest BCUT2D eigenvalue weighted by Gasteiger charge is -2.08. The number of amides is 1. The first kappa shape index (κ1) is 14.8. The number of phenolic OH excluding ortho intramolecular Hbond substituents is 1. The average Bonchev–Trinajstić information content (AvgIpc) is 2.47. The topological polar surface area (TPSA) is 86.6 Å². The molecule has 5 heteroatoms. The number of carbonyl (C=O) groups is 2. The Morgan fingerprint density at radius 3 is 2.57 bits per heavy atom. The van der Waals surface area contributed by atoms with Crippen LogP contribution >= 0.6 is 0 Å². The van der Waals surface area contributed by atoms with Crippen molar-refractivity contribution in [3.63, 3.8) is 0 Å². The fourth-order valence-corrected chi connectivity index (χ4v) is 2.14. The molecule has 0 bridgehead atoms. The predicted octanol–water partition coefficient (Wildman–Crippen LogP) is 2.53. The molecule has 5 nitrogen and oxygen atoms in total. The summed E-state index contributed by atoms with van der Waals surface area (Å²) in [6, 6.07) is 10.7. The molecule has 0 aliphatic rings. The Labute approximate surface area is 122 Å². The van der Waals surface area contributed by atoms with Crippen LogP contribution in [0.25, 0.3) is 10.8 Å². The van der Waals surface area contributed by atoms with E-state index in [0.717, 1.165) is 5.39 Å². The SMILES string of the molecule is O=C(O)CCCCNC(=O)c1ccc2ccccc2c1O. The van der Waals surface area contributed by atoms with E-state index >= 15 is 0 Å². The van der Waals surface area contributed by atoms with Crippen molar-refractivity contribution in [2.45, 2.75) is 19.3 Å². The van der Waals surface area contributed by atoms with E-state index in [2.05, 4.69) is 5.32 Å². The van der Waals surface area contributed by atoms with E-state index in [4.69, 9.17) is 5.11 Å².